The molecule has 0 fully saturated rings. The van der Waals surface area contributed by atoms with Crippen LogP contribution < -0.4 is 16.4 Å². The number of aliphatic hydroxyl groups excluding tert-OH is 3. The van der Waals surface area contributed by atoms with Gasteiger partial charge >= 0.3 is 0 Å². The summed E-state index contributed by atoms with van der Waals surface area (Å²) in [6.07, 6.45) is -3.17. The van der Waals surface area contributed by atoms with E-state index in [0.717, 1.165) is 0 Å². The van der Waals surface area contributed by atoms with Crippen molar-refractivity contribution in [2.45, 2.75) is 12.5 Å². The van der Waals surface area contributed by atoms with Crippen LogP contribution in [-0.2, 0) is 0 Å². The zero-order chi connectivity index (χ0) is 18.6. The number of hydrogen-bond acceptors (Lipinski definition) is 7. The van der Waals surface area contributed by atoms with Gasteiger partial charge in [0.2, 0.25) is 6.41 Å². The Hall–Kier alpha value is -0.0100. The molecule has 1 aromatic rings. The normalized spacial score (nSPS) is 12.2. The molecule has 0 spiro atoms. The fourth-order valence-corrected chi connectivity index (χ4v) is 5.78. The van der Waals surface area contributed by atoms with Crippen LogP contribution in [-0.4, -0.2) is 57.9 Å². The van der Waals surface area contributed by atoms with E-state index in [1.165, 1.54) is 0 Å². The van der Waals surface area contributed by atoms with Crippen molar-refractivity contribution >= 4 is 85.3 Å². The fraction of sp³-hybridized carbons (Fsp3) is 0.333. The van der Waals surface area contributed by atoms with Crippen molar-refractivity contribution < 1.29 is 30.0 Å². The van der Waals surface area contributed by atoms with Crippen LogP contribution in [0, 0.1) is 10.7 Å². The highest BCUT2D eigenvalue weighted by molar-refractivity contribution is 14.1. The van der Waals surface area contributed by atoms with Gasteiger partial charge in [-0.2, -0.15) is 0 Å². The average Bonchev–Trinajstić information content (AvgIpc) is 2.49. The standard InChI is InChI=1S/C12H14I3N3O6/c13-6-4(10(21)17-1-3(20)2-19)7(14)9(16)8(15)5(6)11(22)18-12(23)24/h3,12,19-20,23-24H,1-2,16H2,(H,17,21)(H,18,22). The molecule has 8 N–H and O–H groups in total. The van der Waals surface area contributed by atoms with Crippen LogP contribution in [0.25, 0.3) is 0 Å². The van der Waals surface area contributed by atoms with E-state index in [0.29, 0.717) is 7.14 Å². The summed E-state index contributed by atoms with van der Waals surface area (Å²) in [5.41, 5.74) is 6.30. The summed E-state index contributed by atoms with van der Waals surface area (Å²) in [7, 11) is 0. The SMILES string of the molecule is Nc1c(I)c(C(=O)NCC(O)CO)c(I)c(C(=O)NC(O)O)c1I. The largest absolute Gasteiger partial charge is 0.397 e. The molecule has 0 bridgehead atoms. The molecule has 24 heavy (non-hydrogen) atoms. The zero-order valence-electron chi connectivity index (χ0n) is 11.9. The van der Waals surface area contributed by atoms with Gasteiger partial charge in [-0.1, -0.05) is 0 Å². The van der Waals surface area contributed by atoms with Gasteiger partial charge in [-0.3, -0.25) is 9.59 Å². The Morgan fingerprint density at radius 3 is 1.96 bits per heavy atom. The number of aliphatic hydroxyl groups is 4. The van der Waals surface area contributed by atoms with E-state index in [1.54, 1.807) is 22.6 Å². The summed E-state index contributed by atoms with van der Waals surface area (Å²) < 4.78 is 1.05. The first-order valence-electron chi connectivity index (χ1n) is 6.31. The van der Waals surface area contributed by atoms with Gasteiger partial charge in [-0.05, 0) is 67.8 Å². The highest BCUT2D eigenvalue weighted by Crippen LogP contribution is 2.33. The van der Waals surface area contributed by atoms with Crippen molar-refractivity contribution in [2.24, 2.45) is 0 Å². The Balaban J connectivity index is 3.33. The number of nitrogens with one attached hydrogen (secondary N) is 2. The van der Waals surface area contributed by atoms with Crippen LogP contribution in [0.4, 0.5) is 5.69 Å². The molecule has 12 heteroatoms. The Bertz CT molecular complexity index is 656. The number of rotatable bonds is 6. The molecule has 0 aliphatic heterocycles. The van der Waals surface area contributed by atoms with Crippen molar-refractivity contribution in [2.75, 3.05) is 18.9 Å². The molecule has 1 aromatic carbocycles. The van der Waals surface area contributed by atoms with Crippen LogP contribution in [0.15, 0.2) is 0 Å². The summed E-state index contributed by atoms with van der Waals surface area (Å²) in [4.78, 5) is 24.5. The number of nitrogens with two attached hydrogens (primary N) is 1. The van der Waals surface area contributed by atoms with E-state index in [4.69, 9.17) is 21.1 Å². The van der Waals surface area contributed by atoms with E-state index in [-0.39, 0.29) is 26.9 Å². The lowest BCUT2D eigenvalue weighted by molar-refractivity contribution is -0.0583. The van der Waals surface area contributed by atoms with Gasteiger partial charge in [0.05, 0.1) is 36.7 Å². The lowest BCUT2D eigenvalue weighted by atomic mass is 10.1. The van der Waals surface area contributed by atoms with E-state index < -0.39 is 30.9 Å². The second-order valence-corrected chi connectivity index (χ2v) is 7.74. The third-order valence-corrected chi connectivity index (χ3v) is 6.09. The second kappa shape index (κ2) is 9.62. The maximum atomic E-state index is 12.4. The number of amides is 2. The first-order valence-corrected chi connectivity index (χ1v) is 9.55. The number of carbonyl (C=O) groups is 2. The Morgan fingerprint density at radius 2 is 1.50 bits per heavy atom. The predicted molar refractivity (Wildman–Crippen MR) is 110 cm³/mol. The van der Waals surface area contributed by atoms with Crippen LogP contribution >= 0.6 is 67.8 Å². The summed E-state index contributed by atoms with van der Waals surface area (Å²) in [6.45, 7) is -0.685. The van der Waals surface area contributed by atoms with Gasteiger partial charge in [-0.25, -0.2) is 0 Å². The van der Waals surface area contributed by atoms with Gasteiger partial charge in [0.25, 0.3) is 11.8 Å². The molecule has 0 aliphatic rings. The molecule has 2 amide bonds. The Labute approximate surface area is 177 Å². The first kappa shape index (κ1) is 22.0. The van der Waals surface area contributed by atoms with Gasteiger partial charge < -0.3 is 36.8 Å². The maximum absolute atomic E-state index is 12.4. The van der Waals surface area contributed by atoms with Crippen LogP contribution in [0.5, 0.6) is 0 Å². The van der Waals surface area contributed by atoms with Crippen molar-refractivity contribution in [3.8, 4) is 0 Å². The summed E-state index contributed by atoms with van der Waals surface area (Å²) >= 11 is 5.49. The Morgan fingerprint density at radius 1 is 1.00 bits per heavy atom. The van der Waals surface area contributed by atoms with Crippen molar-refractivity contribution in [3.63, 3.8) is 0 Å². The molecule has 9 nitrogen and oxygen atoms in total. The minimum atomic E-state index is -2.05. The highest BCUT2D eigenvalue weighted by atomic mass is 127. The zero-order valence-corrected chi connectivity index (χ0v) is 18.4. The predicted octanol–water partition coefficient (Wildman–Crippen LogP) is -0.836. The number of halogens is 3. The lowest BCUT2D eigenvalue weighted by Crippen LogP contribution is -2.37. The molecular weight excluding hydrogens is 663 g/mol. The third-order valence-electron chi connectivity index (χ3n) is 2.77. The molecule has 0 radical (unpaired) electrons. The number of nitrogen functional groups attached to an aromatic ring is 1. The molecule has 1 atom stereocenters. The lowest BCUT2D eigenvalue weighted by Gasteiger charge is -2.18. The van der Waals surface area contributed by atoms with E-state index >= 15 is 0 Å². The number of benzene rings is 1. The van der Waals surface area contributed by atoms with Gasteiger partial charge in [0.15, 0.2) is 0 Å². The molecule has 0 saturated heterocycles. The van der Waals surface area contributed by atoms with E-state index in [1.807, 2.05) is 50.5 Å². The maximum Gasteiger partial charge on any atom is 0.257 e. The molecule has 0 aromatic heterocycles. The molecule has 134 valence electrons. The van der Waals surface area contributed by atoms with Gasteiger partial charge in [-0.15, -0.1) is 0 Å². The fourth-order valence-electron chi connectivity index (χ4n) is 1.63. The average molecular weight is 677 g/mol. The van der Waals surface area contributed by atoms with Crippen molar-refractivity contribution in [1.82, 2.24) is 10.6 Å². The molecule has 1 unspecified atom stereocenters. The first-order chi connectivity index (χ1) is 11.1. The summed E-state index contributed by atoms with van der Waals surface area (Å²) in [5, 5.41) is 40.2. The molecular formula is C12H14I3N3O6. The highest BCUT2D eigenvalue weighted by Gasteiger charge is 2.27. The van der Waals surface area contributed by atoms with Crippen molar-refractivity contribution in [3.05, 3.63) is 21.8 Å². The molecule has 1 rings (SSSR count). The second-order valence-electron chi connectivity index (χ2n) is 4.50. The van der Waals surface area contributed by atoms with Gasteiger partial charge in [0.1, 0.15) is 0 Å². The van der Waals surface area contributed by atoms with Crippen LogP contribution in [0.1, 0.15) is 20.7 Å². The number of anilines is 1. The molecule has 0 saturated carbocycles. The topological polar surface area (TPSA) is 165 Å². The Kier molecular flexibility index (Phi) is 8.83. The smallest absolute Gasteiger partial charge is 0.257 e. The number of hydrogen-bond donors (Lipinski definition) is 7. The minimum Gasteiger partial charge on any atom is -0.397 e. The minimum absolute atomic E-state index is 0.0371. The monoisotopic (exact) mass is 677 g/mol. The van der Waals surface area contributed by atoms with Gasteiger partial charge in [0, 0.05) is 10.1 Å². The van der Waals surface area contributed by atoms with E-state index in [2.05, 4.69) is 5.32 Å². The molecule has 0 heterocycles. The summed E-state index contributed by atoms with van der Waals surface area (Å²) in [5.74, 6) is -1.38. The van der Waals surface area contributed by atoms with E-state index in [9.17, 15) is 14.7 Å². The van der Waals surface area contributed by atoms with Crippen LogP contribution in [0.2, 0.25) is 0 Å². The molecule has 0 aliphatic carbocycles. The van der Waals surface area contributed by atoms with Crippen molar-refractivity contribution in [1.29, 1.82) is 0 Å². The third kappa shape index (κ3) is 5.24. The van der Waals surface area contributed by atoms with Crippen LogP contribution in [0.3, 0.4) is 0 Å². The quantitative estimate of drug-likeness (QED) is 0.117. The number of carbonyl (C=O) groups excluding carboxylic acids is 2. The summed E-state index contributed by atoms with van der Waals surface area (Å²) in [6, 6.07) is 0.